The van der Waals surface area contributed by atoms with Crippen molar-refractivity contribution < 1.29 is 23.4 Å². The van der Waals surface area contributed by atoms with Gasteiger partial charge in [0.25, 0.3) is 0 Å². The van der Waals surface area contributed by atoms with Gasteiger partial charge in [0.05, 0.1) is 24.6 Å². The van der Waals surface area contributed by atoms with E-state index in [1.807, 2.05) is 4.90 Å². The van der Waals surface area contributed by atoms with E-state index in [-0.39, 0.29) is 34.3 Å². The van der Waals surface area contributed by atoms with Gasteiger partial charge in [-0.1, -0.05) is 13.3 Å². The molecule has 2 aliphatic rings. The molecule has 9 heteroatoms. The molecule has 0 radical (unpaired) electrons. The molecular formula is C22H27F2N3O4. The number of hydrogen-bond acceptors (Lipinski definition) is 5. The fraction of sp³-hybridized carbons (Fsp3) is 0.545. The van der Waals surface area contributed by atoms with Crippen LogP contribution in [-0.4, -0.2) is 47.6 Å². The molecule has 2 aromatic rings. The number of aromatic nitrogens is 1. The topological polar surface area (TPSA) is 97.8 Å². The number of benzene rings is 1. The molecule has 0 bridgehead atoms. The summed E-state index contributed by atoms with van der Waals surface area (Å²) >= 11 is 0. The van der Waals surface area contributed by atoms with E-state index in [0.717, 1.165) is 31.5 Å². The fourth-order valence-electron chi connectivity index (χ4n) is 5.37. The largest absolute Gasteiger partial charge is 0.492 e. The van der Waals surface area contributed by atoms with Crippen LogP contribution in [0.15, 0.2) is 17.1 Å². The lowest BCUT2D eigenvalue weighted by atomic mass is 9.77. The zero-order chi connectivity index (χ0) is 22.7. The Labute approximate surface area is 178 Å². The first-order valence-corrected chi connectivity index (χ1v) is 10.4. The summed E-state index contributed by atoms with van der Waals surface area (Å²) in [4.78, 5) is 26.2. The van der Waals surface area contributed by atoms with E-state index in [2.05, 4.69) is 6.92 Å². The number of hydrogen-bond donors (Lipinski definition) is 2. The number of aromatic carboxylic acids is 1. The van der Waals surface area contributed by atoms with Gasteiger partial charge in [-0.15, -0.1) is 0 Å². The third-order valence-corrected chi connectivity index (χ3v) is 7.01. The zero-order valence-corrected chi connectivity index (χ0v) is 17.9. The van der Waals surface area contributed by atoms with Crippen LogP contribution in [0.4, 0.5) is 14.5 Å². The van der Waals surface area contributed by atoms with Crippen LogP contribution in [0.3, 0.4) is 0 Å². The Balaban J connectivity index is 1.98. The van der Waals surface area contributed by atoms with E-state index in [0.29, 0.717) is 13.1 Å². The van der Waals surface area contributed by atoms with Crippen molar-refractivity contribution in [2.75, 3.05) is 25.1 Å². The average molecular weight is 435 g/mol. The van der Waals surface area contributed by atoms with Gasteiger partial charge in [-0.2, -0.15) is 0 Å². The molecule has 1 saturated heterocycles. The van der Waals surface area contributed by atoms with Gasteiger partial charge >= 0.3 is 5.97 Å². The summed E-state index contributed by atoms with van der Waals surface area (Å²) in [5.74, 6) is -2.08. The molecule has 3 atom stereocenters. The van der Waals surface area contributed by atoms with Gasteiger partial charge in [0.2, 0.25) is 5.43 Å². The van der Waals surface area contributed by atoms with Crippen molar-refractivity contribution in [3.8, 4) is 5.75 Å². The molecule has 1 aromatic heterocycles. The van der Waals surface area contributed by atoms with E-state index >= 15 is 4.39 Å². The number of ether oxygens (including phenoxy) is 1. The van der Waals surface area contributed by atoms with Crippen LogP contribution in [0.1, 0.15) is 43.5 Å². The Bertz CT molecular complexity index is 1110. The molecule has 2 unspecified atom stereocenters. The molecule has 31 heavy (non-hydrogen) atoms. The highest BCUT2D eigenvalue weighted by atomic mass is 19.1. The quantitative estimate of drug-likeness (QED) is 0.750. The highest BCUT2D eigenvalue weighted by molar-refractivity contribution is 5.97. The third kappa shape index (κ3) is 3.17. The Kier molecular flexibility index (Phi) is 4.99. The Morgan fingerprint density at radius 3 is 2.68 bits per heavy atom. The Hall–Kier alpha value is -2.68. The van der Waals surface area contributed by atoms with Crippen LogP contribution in [-0.2, 0) is 6.54 Å². The third-order valence-electron chi connectivity index (χ3n) is 7.01. The maximum atomic E-state index is 15.4. The Morgan fingerprint density at radius 2 is 2.10 bits per heavy atom. The molecule has 1 aromatic carbocycles. The monoisotopic (exact) mass is 435 g/mol. The van der Waals surface area contributed by atoms with Crippen LogP contribution >= 0.6 is 0 Å². The molecule has 0 amide bonds. The van der Waals surface area contributed by atoms with E-state index < -0.39 is 34.5 Å². The number of rotatable bonds is 5. The highest BCUT2D eigenvalue weighted by Gasteiger charge is 2.56. The maximum Gasteiger partial charge on any atom is 0.341 e. The number of methoxy groups -OCH3 is 1. The number of halogens is 2. The predicted molar refractivity (Wildman–Crippen MR) is 113 cm³/mol. The summed E-state index contributed by atoms with van der Waals surface area (Å²) in [7, 11) is 1.35. The molecule has 168 valence electrons. The number of anilines is 1. The van der Waals surface area contributed by atoms with Crippen molar-refractivity contribution in [1.82, 2.24) is 4.57 Å². The number of fused-ring (bicyclic) bond motifs is 2. The number of carbonyl (C=O) groups is 1. The van der Waals surface area contributed by atoms with E-state index in [1.54, 1.807) is 0 Å². The number of carboxylic acid groups (broad SMARTS) is 1. The van der Waals surface area contributed by atoms with Gasteiger partial charge in [0.15, 0.2) is 11.6 Å². The Morgan fingerprint density at radius 1 is 1.39 bits per heavy atom. The van der Waals surface area contributed by atoms with Crippen molar-refractivity contribution in [1.29, 1.82) is 0 Å². The summed E-state index contributed by atoms with van der Waals surface area (Å²) in [6.07, 6.45) is 2.55. The highest BCUT2D eigenvalue weighted by Crippen LogP contribution is 2.52. The minimum atomic E-state index is -1.46. The summed E-state index contributed by atoms with van der Waals surface area (Å²) in [5, 5.41) is 9.24. The number of carboxylic acids is 1. The molecule has 2 heterocycles. The summed E-state index contributed by atoms with van der Waals surface area (Å²) in [6.45, 7) is 4.17. The number of alkyl halides is 1. The first-order chi connectivity index (χ1) is 14.5. The summed E-state index contributed by atoms with van der Waals surface area (Å²) in [6, 6.07) is 1.03. The lowest BCUT2D eigenvalue weighted by Crippen LogP contribution is -2.49. The van der Waals surface area contributed by atoms with Gasteiger partial charge in [-0.25, -0.2) is 13.6 Å². The average Bonchev–Trinajstić information content (AvgIpc) is 3.09. The molecule has 2 fully saturated rings. The van der Waals surface area contributed by atoms with Crippen LogP contribution in [0.25, 0.3) is 10.9 Å². The van der Waals surface area contributed by atoms with Crippen LogP contribution in [0.5, 0.6) is 5.75 Å². The van der Waals surface area contributed by atoms with Crippen LogP contribution in [0, 0.1) is 11.2 Å². The second-order valence-electron chi connectivity index (χ2n) is 9.17. The molecule has 1 aliphatic carbocycles. The molecule has 1 saturated carbocycles. The summed E-state index contributed by atoms with van der Waals surface area (Å²) in [5.41, 5.74) is 4.99. The first kappa shape index (κ1) is 21.5. The second-order valence-corrected chi connectivity index (χ2v) is 9.17. The van der Waals surface area contributed by atoms with E-state index in [1.165, 1.54) is 18.6 Å². The zero-order valence-electron chi connectivity index (χ0n) is 17.9. The number of nitrogens with zero attached hydrogens (tertiary/aromatic N) is 2. The summed E-state index contributed by atoms with van der Waals surface area (Å²) < 4.78 is 36.2. The maximum absolute atomic E-state index is 15.4. The standard InChI is InChI=1S/C22H27F2N3O4/c1-12(23)8-26-9-14(20(29)30)18(28)13-7-15(24)17(19(31-3)16(13)26)27-10-21(2)5-4-6-22(21,25)11-27/h7,9,12H,4-6,8,10-11,25H2,1-3H3,(H,29,30)/t12-,21?,22?/m0/s1. The van der Waals surface area contributed by atoms with Crippen molar-refractivity contribution in [3.63, 3.8) is 0 Å². The van der Waals surface area contributed by atoms with Gasteiger partial charge in [-0.3, -0.25) is 4.79 Å². The van der Waals surface area contributed by atoms with Crippen molar-refractivity contribution in [2.24, 2.45) is 11.1 Å². The van der Waals surface area contributed by atoms with Gasteiger partial charge in [-0.05, 0) is 25.8 Å². The van der Waals surface area contributed by atoms with Crippen molar-refractivity contribution >= 4 is 22.6 Å². The molecule has 3 N–H and O–H groups in total. The molecule has 0 spiro atoms. The van der Waals surface area contributed by atoms with Gasteiger partial charge < -0.3 is 25.0 Å². The van der Waals surface area contributed by atoms with Crippen molar-refractivity contribution in [2.45, 2.75) is 51.4 Å². The molecule has 7 nitrogen and oxygen atoms in total. The van der Waals surface area contributed by atoms with Crippen molar-refractivity contribution in [3.05, 3.63) is 33.9 Å². The first-order valence-electron chi connectivity index (χ1n) is 10.4. The van der Waals surface area contributed by atoms with E-state index in [4.69, 9.17) is 10.5 Å². The molecular weight excluding hydrogens is 408 g/mol. The SMILES string of the molecule is COc1c(N2CC3(C)CCCC3(N)C2)c(F)cc2c(=O)c(C(=O)O)cn(C[C@H](C)F)c12. The van der Waals surface area contributed by atoms with Gasteiger partial charge in [0.1, 0.15) is 17.4 Å². The second kappa shape index (κ2) is 7.19. The van der Waals surface area contributed by atoms with Crippen LogP contribution in [0.2, 0.25) is 0 Å². The fourth-order valence-corrected chi connectivity index (χ4v) is 5.37. The molecule has 1 aliphatic heterocycles. The lowest BCUT2D eigenvalue weighted by molar-refractivity contribution is 0.0694. The van der Waals surface area contributed by atoms with Gasteiger partial charge in [0, 0.05) is 30.2 Å². The molecule has 4 rings (SSSR count). The smallest absolute Gasteiger partial charge is 0.341 e. The number of nitrogens with two attached hydrogens (primary N) is 1. The normalized spacial score (nSPS) is 26.3. The van der Waals surface area contributed by atoms with E-state index in [9.17, 15) is 19.1 Å². The van der Waals surface area contributed by atoms with Crippen LogP contribution < -0.4 is 20.8 Å². The lowest BCUT2D eigenvalue weighted by Gasteiger charge is -2.31. The minimum absolute atomic E-state index is 0.0804. The number of pyridine rings is 1. The minimum Gasteiger partial charge on any atom is -0.492 e. The predicted octanol–water partition coefficient (Wildman–Crippen LogP) is 2.91.